The molecule has 0 fully saturated rings. The van der Waals surface area contributed by atoms with Crippen LogP contribution < -0.4 is 14.4 Å². The second-order valence-corrected chi connectivity index (χ2v) is 7.91. The molecule has 0 aliphatic heterocycles. The molecule has 1 N–H and O–H groups in total. The van der Waals surface area contributed by atoms with Crippen molar-refractivity contribution in [2.75, 3.05) is 26.2 Å². The van der Waals surface area contributed by atoms with Crippen molar-refractivity contribution in [2.45, 2.75) is 6.54 Å². The summed E-state index contributed by atoms with van der Waals surface area (Å²) in [5, 5.41) is 0. The first-order chi connectivity index (χ1) is 16.6. The zero-order valence-electron chi connectivity index (χ0n) is 19.1. The Hall–Kier alpha value is -4.33. The van der Waals surface area contributed by atoms with Crippen LogP contribution in [-0.4, -0.2) is 40.8 Å². The summed E-state index contributed by atoms with van der Waals surface area (Å²) in [6, 6.07) is 16.2. The van der Waals surface area contributed by atoms with Crippen molar-refractivity contribution in [3.63, 3.8) is 0 Å². The van der Waals surface area contributed by atoms with E-state index < -0.39 is 0 Å². The molecular formula is C26H24FN5O2. The summed E-state index contributed by atoms with van der Waals surface area (Å²) in [4.78, 5) is 14.5. The van der Waals surface area contributed by atoms with Crippen molar-refractivity contribution in [1.29, 1.82) is 0 Å². The number of nitrogens with one attached hydrogen (secondary N) is 1. The van der Waals surface area contributed by atoms with Gasteiger partial charge in [-0.2, -0.15) is 0 Å². The summed E-state index contributed by atoms with van der Waals surface area (Å²) in [5.41, 5.74) is 5.32. The molecule has 0 unspecified atom stereocenters. The maximum absolute atomic E-state index is 13.5. The predicted molar refractivity (Wildman–Crippen MR) is 130 cm³/mol. The fraction of sp³-hybridized carbons (Fsp3) is 0.154. The molecule has 0 aliphatic carbocycles. The summed E-state index contributed by atoms with van der Waals surface area (Å²) < 4.78 is 26.6. The minimum absolute atomic E-state index is 0.271. The highest BCUT2D eigenvalue weighted by Gasteiger charge is 2.17. The number of anilines is 1. The third-order valence-electron chi connectivity index (χ3n) is 5.76. The van der Waals surface area contributed by atoms with E-state index in [0.29, 0.717) is 6.54 Å². The van der Waals surface area contributed by atoms with Crippen molar-refractivity contribution in [2.24, 2.45) is 0 Å². The zero-order chi connectivity index (χ0) is 23.7. The molecule has 0 saturated carbocycles. The van der Waals surface area contributed by atoms with Crippen LogP contribution in [0.15, 0.2) is 73.3 Å². The van der Waals surface area contributed by atoms with Crippen LogP contribution in [0.5, 0.6) is 11.5 Å². The Kier molecular flexibility index (Phi) is 5.63. The van der Waals surface area contributed by atoms with Crippen molar-refractivity contribution in [3.8, 4) is 28.3 Å². The van der Waals surface area contributed by atoms with E-state index in [4.69, 9.17) is 14.5 Å². The first-order valence-electron chi connectivity index (χ1n) is 10.8. The van der Waals surface area contributed by atoms with E-state index >= 15 is 0 Å². The van der Waals surface area contributed by atoms with Gasteiger partial charge in [0, 0.05) is 25.0 Å². The van der Waals surface area contributed by atoms with Crippen LogP contribution in [0.1, 0.15) is 5.82 Å². The van der Waals surface area contributed by atoms with Gasteiger partial charge in [0.2, 0.25) is 0 Å². The molecule has 0 bridgehead atoms. The van der Waals surface area contributed by atoms with Gasteiger partial charge in [-0.15, -0.1) is 0 Å². The van der Waals surface area contributed by atoms with E-state index in [1.807, 2.05) is 53.0 Å². The molecule has 0 atom stereocenters. The Morgan fingerprint density at radius 2 is 1.76 bits per heavy atom. The highest BCUT2D eigenvalue weighted by molar-refractivity contribution is 5.88. The standard InChI is InChI=1S/C26H24FN5O2/c1-31(26-23(33-2)5-4-6-24(26)34-3)15-25-29-20-13-19(17-7-9-18(27)10-8-17)22(14-21(20)30-25)32-12-11-28-16-32/h4-14,16H,15H2,1-3H3,(H,29,30). The fourth-order valence-electron chi connectivity index (χ4n) is 4.16. The van der Waals surface area contributed by atoms with Gasteiger partial charge in [0.25, 0.3) is 0 Å². The van der Waals surface area contributed by atoms with Gasteiger partial charge in [-0.1, -0.05) is 18.2 Å². The third kappa shape index (κ3) is 3.94. The number of halogens is 1. The number of H-pyrrole nitrogens is 1. The van der Waals surface area contributed by atoms with Crippen molar-refractivity contribution < 1.29 is 13.9 Å². The average Bonchev–Trinajstić information content (AvgIpc) is 3.52. The van der Waals surface area contributed by atoms with Gasteiger partial charge < -0.3 is 23.9 Å². The van der Waals surface area contributed by atoms with Gasteiger partial charge in [-0.3, -0.25) is 0 Å². The summed E-state index contributed by atoms with van der Waals surface area (Å²) in [5.74, 6) is 1.96. The Morgan fingerprint density at radius 1 is 1.03 bits per heavy atom. The molecule has 8 heteroatoms. The molecule has 34 heavy (non-hydrogen) atoms. The van der Waals surface area contributed by atoms with Crippen LogP contribution in [0, 0.1) is 5.82 Å². The fourth-order valence-corrected chi connectivity index (χ4v) is 4.16. The largest absolute Gasteiger partial charge is 0.494 e. The van der Waals surface area contributed by atoms with Crippen LogP contribution in [0.2, 0.25) is 0 Å². The number of fused-ring (bicyclic) bond motifs is 1. The summed E-state index contributed by atoms with van der Waals surface area (Å²) in [6.45, 7) is 0.512. The second kappa shape index (κ2) is 8.90. The van der Waals surface area contributed by atoms with Crippen LogP contribution in [0.4, 0.5) is 10.1 Å². The van der Waals surface area contributed by atoms with Gasteiger partial charge in [0.1, 0.15) is 28.8 Å². The number of rotatable bonds is 7. The first kappa shape index (κ1) is 21.5. The summed E-state index contributed by atoms with van der Waals surface area (Å²) >= 11 is 0. The molecule has 5 aromatic rings. The Bertz CT molecular complexity index is 1410. The number of aromatic nitrogens is 4. The number of methoxy groups -OCH3 is 2. The number of imidazole rings is 2. The number of para-hydroxylation sites is 1. The maximum atomic E-state index is 13.5. The van der Waals surface area contributed by atoms with E-state index in [-0.39, 0.29) is 5.82 Å². The van der Waals surface area contributed by atoms with E-state index in [1.165, 1.54) is 12.1 Å². The lowest BCUT2D eigenvalue weighted by Gasteiger charge is -2.23. The minimum Gasteiger partial charge on any atom is -0.494 e. The zero-order valence-corrected chi connectivity index (χ0v) is 19.1. The monoisotopic (exact) mass is 457 g/mol. The molecule has 172 valence electrons. The molecular weight excluding hydrogens is 433 g/mol. The third-order valence-corrected chi connectivity index (χ3v) is 5.76. The smallest absolute Gasteiger partial charge is 0.145 e. The maximum Gasteiger partial charge on any atom is 0.145 e. The normalized spacial score (nSPS) is 11.1. The van der Waals surface area contributed by atoms with Gasteiger partial charge >= 0.3 is 0 Å². The molecule has 0 radical (unpaired) electrons. The summed E-state index contributed by atoms with van der Waals surface area (Å²) in [6.07, 6.45) is 5.34. The molecule has 7 nitrogen and oxygen atoms in total. The van der Waals surface area contributed by atoms with Gasteiger partial charge in [-0.25, -0.2) is 14.4 Å². The molecule has 0 amide bonds. The number of benzene rings is 3. The first-order valence-corrected chi connectivity index (χ1v) is 10.8. The molecule has 0 aliphatic rings. The lowest BCUT2D eigenvalue weighted by atomic mass is 10.0. The SMILES string of the molecule is COc1cccc(OC)c1N(C)Cc1nc2cc(-n3ccnc3)c(-c3ccc(F)cc3)cc2[nH]1. The van der Waals surface area contributed by atoms with Crippen molar-refractivity contribution >= 4 is 16.7 Å². The van der Waals surface area contributed by atoms with Gasteiger partial charge in [0.05, 0.1) is 43.8 Å². The number of ether oxygens (including phenoxy) is 2. The Morgan fingerprint density at radius 3 is 2.41 bits per heavy atom. The van der Waals surface area contributed by atoms with Crippen molar-refractivity contribution in [3.05, 3.63) is 85.0 Å². The van der Waals surface area contributed by atoms with E-state index in [9.17, 15) is 4.39 Å². The highest BCUT2D eigenvalue weighted by atomic mass is 19.1. The quantitative estimate of drug-likeness (QED) is 0.363. The van der Waals surface area contributed by atoms with E-state index in [2.05, 4.69) is 9.97 Å². The topological polar surface area (TPSA) is 68.2 Å². The molecule has 2 aromatic heterocycles. The van der Waals surface area contributed by atoms with Crippen LogP contribution in [-0.2, 0) is 6.54 Å². The van der Waals surface area contributed by atoms with Crippen molar-refractivity contribution in [1.82, 2.24) is 19.5 Å². The van der Waals surface area contributed by atoms with E-state index in [0.717, 1.165) is 50.9 Å². The number of hydrogen-bond acceptors (Lipinski definition) is 5. The molecule has 2 heterocycles. The second-order valence-electron chi connectivity index (χ2n) is 7.91. The summed E-state index contributed by atoms with van der Waals surface area (Å²) in [7, 11) is 5.25. The Labute approximate surface area is 196 Å². The minimum atomic E-state index is -0.271. The molecule has 5 rings (SSSR count). The van der Waals surface area contributed by atoms with Crippen LogP contribution in [0.25, 0.3) is 27.8 Å². The average molecular weight is 458 g/mol. The van der Waals surface area contributed by atoms with E-state index in [1.54, 1.807) is 38.9 Å². The van der Waals surface area contributed by atoms with Gasteiger partial charge in [-0.05, 0) is 42.0 Å². The lowest BCUT2D eigenvalue weighted by Crippen LogP contribution is -2.19. The molecule has 3 aromatic carbocycles. The lowest BCUT2D eigenvalue weighted by molar-refractivity contribution is 0.394. The van der Waals surface area contributed by atoms with Gasteiger partial charge in [0.15, 0.2) is 0 Å². The molecule has 0 spiro atoms. The number of nitrogens with zero attached hydrogens (tertiary/aromatic N) is 4. The number of hydrogen-bond donors (Lipinski definition) is 1. The van der Waals surface area contributed by atoms with Crippen LogP contribution in [0.3, 0.4) is 0 Å². The Balaban J connectivity index is 1.56. The van der Waals surface area contributed by atoms with Crippen LogP contribution >= 0.6 is 0 Å². The molecule has 0 saturated heterocycles. The number of aromatic amines is 1. The predicted octanol–water partition coefficient (Wildman–Crippen LogP) is 5.21. The highest BCUT2D eigenvalue weighted by Crippen LogP contribution is 2.38.